The van der Waals surface area contributed by atoms with Gasteiger partial charge in [0.15, 0.2) is 5.65 Å². The summed E-state index contributed by atoms with van der Waals surface area (Å²) < 4.78 is 17.6. The van der Waals surface area contributed by atoms with Crippen LogP contribution in [0.2, 0.25) is 0 Å². The number of fused-ring (bicyclic) bond motifs is 1. The molecule has 158 valence electrons. The first-order valence-corrected chi connectivity index (χ1v) is 9.62. The Labute approximate surface area is 178 Å². The maximum Gasteiger partial charge on any atom is 0.287 e. The van der Waals surface area contributed by atoms with Gasteiger partial charge in [-0.1, -0.05) is 18.2 Å². The van der Waals surface area contributed by atoms with Crippen molar-refractivity contribution in [2.24, 2.45) is 0 Å². The third kappa shape index (κ3) is 4.28. The van der Waals surface area contributed by atoms with Gasteiger partial charge in [-0.15, -0.1) is 4.57 Å². The largest absolute Gasteiger partial charge is 0.496 e. The van der Waals surface area contributed by atoms with Crippen LogP contribution in [0.15, 0.2) is 63.9 Å². The van der Waals surface area contributed by atoms with Crippen molar-refractivity contribution in [3.05, 3.63) is 87.5 Å². The first kappa shape index (κ1) is 20.2. The summed E-state index contributed by atoms with van der Waals surface area (Å²) in [5, 5.41) is 2.88. The van der Waals surface area contributed by atoms with Gasteiger partial charge >= 0.3 is 0 Å². The van der Waals surface area contributed by atoms with Crippen LogP contribution in [-0.4, -0.2) is 22.6 Å². The second kappa shape index (κ2) is 8.35. The van der Waals surface area contributed by atoms with E-state index in [1.807, 2.05) is 19.1 Å². The van der Waals surface area contributed by atoms with E-state index in [9.17, 15) is 9.59 Å². The Kier molecular flexibility index (Phi) is 5.44. The molecule has 0 aliphatic rings. The summed E-state index contributed by atoms with van der Waals surface area (Å²) in [5.74, 6) is 1.20. The maximum atomic E-state index is 12.8. The first-order chi connectivity index (χ1) is 14.9. The first-order valence-electron chi connectivity index (χ1n) is 9.62. The molecular formula is C23H21N3O5. The number of ether oxygens (including phenoxy) is 2. The molecule has 1 N–H and O–H groups in total. The number of carbonyl (C=O) groups excluding carboxylic acids is 1. The summed E-state index contributed by atoms with van der Waals surface area (Å²) in [6.45, 7) is 3.71. The number of amides is 1. The molecule has 4 aromatic rings. The van der Waals surface area contributed by atoms with Gasteiger partial charge in [0.05, 0.1) is 24.1 Å². The molecule has 2 heterocycles. The smallest absolute Gasteiger partial charge is 0.287 e. The van der Waals surface area contributed by atoms with E-state index in [0.717, 1.165) is 10.1 Å². The number of rotatable bonds is 6. The average molecular weight is 419 g/mol. The van der Waals surface area contributed by atoms with E-state index in [1.54, 1.807) is 43.3 Å². The Bertz CT molecular complexity index is 1320. The molecule has 2 aromatic carbocycles. The third-order valence-corrected chi connectivity index (χ3v) is 4.63. The molecule has 8 heteroatoms. The highest BCUT2D eigenvalue weighted by atomic mass is 16.5. The summed E-state index contributed by atoms with van der Waals surface area (Å²) in [4.78, 5) is 29.4. The van der Waals surface area contributed by atoms with Gasteiger partial charge in [0, 0.05) is 12.1 Å². The number of carbonyl (C=O) groups is 1. The van der Waals surface area contributed by atoms with Gasteiger partial charge in [0.1, 0.15) is 23.9 Å². The topological polar surface area (TPSA) is 95.1 Å². The van der Waals surface area contributed by atoms with E-state index in [0.29, 0.717) is 39.9 Å². The fraction of sp³-hybridized carbons (Fsp3) is 0.174. The minimum atomic E-state index is -0.328. The molecule has 31 heavy (non-hydrogen) atoms. The number of anilines is 1. The minimum absolute atomic E-state index is 0.0521. The summed E-state index contributed by atoms with van der Waals surface area (Å²) in [7, 11) is 1.52. The Hall–Kier alpha value is -4.07. The number of aromatic nitrogens is 2. The molecule has 0 unspecified atom stereocenters. The Morgan fingerprint density at radius 3 is 2.71 bits per heavy atom. The zero-order valence-electron chi connectivity index (χ0n) is 17.3. The second-order valence-corrected chi connectivity index (χ2v) is 7.03. The molecule has 1 amide bonds. The molecule has 0 spiro atoms. The van der Waals surface area contributed by atoms with Crippen LogP contribution < -0.4 is 20.3 Å². The molecule has 2 aromatic heterocycles. The van der Waals surface area contributed by atoms with Crippen molar-refractivity contribution in [2.45, 2.75) is 20.5 Å². The summed E-state index contributed by atoms with van der Waals surface area (Å²) >= 11 is 0. The molecule has 0 aliphatic heterocycles. The fourth-order valence-corrected chi connectivity index (χ4v) is 3.19. The third-order valence-electron chi connectivity index (χ3n) is 4.63. The second-order valence-electron chi connectivity index (χ2n) is 7.03. The Morgan fingerprint density at radius 2 is 1.90 bits per heavy atom. The van der Waals surface area contributed by atoms with Crippen molar-refractivity contribution < 1.29 is 18.8 Å². The van der Waals surface area contributed by atoms with E-state index in [1.165, 1.54) is 13.2 Å². The molecule has 0 saturated heterocycles. The van der Waals surface area contributed by atoms with E-state index in [2.05, 4.69) is 10.3 Å². The van der Waals surface area contributed by atoms with Gasteiger partial charge in [0.2, 0.25) is 0 Å². The van der Waals surface area contributed by atoms with Crippen LogP contribution in [0.25, 0.3) is 5.65 Å². The normalized spacial score (nSPS) is 10.8. The van der Waals surface area contributed by atoms with Gasteiger partial charge in [-0.25, -0.2) is 4.98 Å². The molecule has 0 atom stereocenters. The fourth-order valence-electron chi connectivity index (χ4n) is 3.19. The van der Waals surface area contributed by atoms with Gasteiger partial charge in [-0.3, -0.25) is 9.59 Å². The highest BCUT2D eigenvalue weighted by Gasteiger charge is 2.15. The number of benzene rings is 2. The number of nitrogens with one attached hydrogen (secondary N) is 1. The summed E-state index contributed by atoms with van der Waals surface area (Å²) in [6, 6.07) is 15.5. The van der Waals surface area contributed by atoms with Crippen LogP contribution in [0.4, 0.5) is 5.69 Å². The van der Waals surface area contributed by atoms with Gasteiger partial charge in [-0.05, 0) is 43.7 Å². The van der Waals surface area contributed by atoms with Crippen LogP contribution in [0.5, 0.6) is 11.5 Å². The highest BCUT2D eigenvalue weighted by molar-refractivity contribution is 6.06. The summed E-state index contributed by atoms with van der Waals surface area (Å²) in [6.07, 6.45) is 0. The number of methoxy groups -OCH3 is 1. The lowest BCUT2D eigenvalue weighted by atomic mass is 10.1. The van der Waals surface area contributed by atoms with Gasteiger partial charge in [-0.2, -0.15) is 0 Å². The predicted molar refractivity (Wildman–Crippen MR) is 115 cm³/mol. The van der Waals surface area contributed by atoms with Crippen molar-refractivity contribution in [3.63, 3.8) is 0 Å². The predicted octanol–water partition coefficient (Wildman–Crippen LogP) is 3.74. The highest BCUT2D eigenvalue weighted by Crippen LogP contribution is 2.28. The lowest BCUT2D eigenvalue weighted by molar-refractivity contribution is 0.102. The molecule has 0 bridgehead atoms. The minimum Gasteiger partial charge on any atom is -0.496 e. The number of aryl methyl sites for hydroxylation is 2. The molecule has 8 nitrogen and oxygen atoms in total. The molecule has 0 radical (unpaired) electrons. The molecule has 0 aliphatic carbocycles. The lowest BCUT2D eigenvalue weighted by Crippen LogP contribution is -2.16. The van der Waals surface area contributed by atoms with E-state index >= 15 is 0 Å². The number of hydrogen-bond donors (Lipinski definition) is 1. The summed E-state index contributed by atoms with van der Waals surface area (Å²) in [5.41, 5.74) is 2.41. The number of para-hydroxylation sites is 1. The van der Waals surface area contributed by atoms with Crippen LogP contribution >= 0.6 is 0 Å². The SMILES string of the molecule is COc1ccccc1C(=O)Nc1cc(C)ccc1OCc1cc(=O)n2oc(C)cc2n1. The molecule has 0 saturated carbocycles. The van der Waals surface area contributed by atoms with Crippen LogP contribution in [0.3, 0.4) is 0 Å². The lowest BCUT2D eigenvalue weighted by Gasteiger charge is -2.14. The quantitative estimate of drug-likeness (QED) is 0.512. The Morgan fingerprint density at radius 1 is 1.10 bits per heavy atom. The van der Waals surface area contributed by atoms with Gasteiger partial charge in [0.25, 0.3) is 11.5 Å². The van der Waals surface area contributed by atoms with E-state index < -0.39 is 0 Å². The number of nitrogens with zero attached hydrogens (tertiary/aromatic N) is 2. The molecule has 4 rings (SSSR count). The Balaban J connectivity index is 1.57. The van der Waals surface area contributed by atoms with Crippen molar-refractivity contribution in [1.29, 1.82) is 0 Å². The van der Waals surface area contributed by atoms with Gasteiger partial charge < -0.3 is 19.3 Å². The van der Waals surface area contributed by atoms with E-state index in [-0.39, 0.29) is 18.1 Å². The average Bonchev–Trinajstić information content (AvgIpc) is 3.14. The van der Waals surface area contributed by atoms with Crippen LogP contribution in [0.1, 0.15) is 27.4 Å². The van der Waals surface area contributed by atoms with E-state index in [4.69, 9.17) is 14.0 Å². The monoisotopic (exact) mass is 419 g/mol. The van der Waals surface area contributed by atoms with Crippen molar-refractivity contribution in [3.8, 4) is 11.5 Å². The zero-order chi connectivity index (χ0) is 22.0. The van der Waals surface area contributed by atoms with Crippen molar-refractivity contribution in [2.75, 3.05) is 12.4 Å². The van der Waals surface area contributed by atoms with Crippen molar-refractivity contribution in [1.82, 2.24) is 9.56 Å². The van der Waals surface area contributed by atoms with Crippen LogP contribution in [0, 0.1) is 13.8 Å². The zero-order valence-corrected chi connectivity index (χ0v) is 17.3. The standard InChI is InChI=1S/C23H21N3O5/c1-14-8-9-20(18(10-14)25-23(28)17-6-4-5-7-19(17)29-3)30-13-16-12-22(27)26-21(24-16)11-15(2)31-26/h4-12H,13H2,1-3H3,(H,25,28). The molecule has 0 fully saturated rings. The van der Waals surface area contributed by atoms with Crippen LogP contribution in [-0.2, 0) is 6.61 Å². The molecular weight excluding hydrogens is 398 g/mol. The number of hydrogen-bond acceptors (Lipinski definition) is 6. The maximum absolute atomic E-state index is 12.8. The van der Waals surface area contributed by atoms with Crippen molar-refractivity contribution >= 4 is 17.2 Å².